The third-order valence-corrected chi connectivity index (χ3v) is 4.14. The highest BCUT2D eigenvalue weighted by Gasteiger charge is 2.20. The van der Waals surface area contributed by atoms with Crippen LogP contribution >= 0.6 is 31.9 Å². The van der Waals surface area contributed by atoms with Crippen molar-refractivity contribution in [3.8, 4) is 0 Å². The molecule has 20 heavy (non-hydrogen) atoms. The van der Waals surface area contributed by atoms with E-state index >= 15 is 0 Å². The van der Waals surface area contributed by atoms with E-state index in [2.05, 4.69) is 48.7 Å². The van der Waals surface area contributed by atoms with Crippen molar-refractivity contribution >= 4 is 43.5 Å². The number of benzene rings is 1. The highest BCUT2D eigenvalue weighted by molar-refractivity contribution is 9.11. The molecular formula is C15H20Br2N2O. The van der Waals surface area contributed by atoms with Gasteiger partial charge < -0.3 is 5.32 Å². The smallest absolute Gasteiger partial charge is 0.241 e. The predicted octanol–water partition coefficient (Wildman–Crippen LogP) is 4.44. The summed E-state index contributed by atoms with van der Waals surface area (Å²) in [5, 5.41) is 2.95. The van der Waals surface area contributed by atoms with Crippen molar-refractivity contribution in [2.24, 2.45) is 0 Å². The Bertz CT molecular complexity index is 503. The largest absolute Gasteiger partial charge is 0.324 e. The fourth-order valence-corrected chi connectivity index (χ4v) is 3.01. The van der Waals surface area contributed by atoms with Crippen molar-refractivity contribution in [1.29, 1.82) is 0 Å². The summed E-state index contributed by atoms with van der Waals surface area (Å²) in [5.41, 5.74) is 1.83. The molecule has 1 rings (SSSR count). The van der Waals surface area contributed by atoms with Crippen LogP contribution in [0.25, 0.3) is 0 Å². The molecule has 1 aromatic carbocycles. The van der Waals surface area contributed by atoms with E-state index in [1.807, 2.05) is 39.0 Å². The van der Waals surface area contributed by atoms with E-state index in [0.29, 0.717) is 0 Å². The number of anilines is 1. The summed E-state index contributed by atoms with van der Waals surface area (Å²) in [4.78, 5) is 14.4. The van der Waals surface area contributed by atoms with Crippen LogP contribution in [0.5, 0.6) is 0 Å². The van der Waals surface area contributed by atoms with Gasteiger partial charge in [0, 0.05) is 15.5 Å². The van der Waals surface area contributed by atoms with Gasteiger partial charge >= 0.3 is 0 Å². The van der Waals surface area contributed by atoms with E-state index in [4.69, 9.17) is 0 Å². The standard InChI is InChI=1S/C15H20Br2N2O/c1-5-19(9-10(2)3)11(4)15(20)18-14-7-6-12(16)8-13(14)17/h6-8,11H,2,5,9H2,1,3-4H3,(H,18,20). The minimum atomic E-state index is -0.202. The molecule has 0 aliphatic carbocycles. The van der Waals surface area contributed by atoms with Crippen LogP contribution in [0.3, 0.4) is 0 Å². The quantitative estimate of drug-likeness (QED) is 0.712. The maximum atomic E-state index is 12.3. The lowest BCUT2D eigenvalue weighted by Crippen LogP contribution is -2.42. The van der Waals surface area contributed by atoms with Crippen LogP contribution in [0.2, 0.25) is 0 Å². The molecule has 0 aromatic heterocycles. The van der Waals surface area contributed by atoms with Gasteiger partial charge in [0.2, 0.25) is 5.91 Å². The summed E-state index contributed by atoms with van der Waals surface area (Å²) >= 11 is 6.84. The first-order chi connectivity index (χ1) is 9.35. The van der Waals surface area contributed by atoms with Crippen LogP contribution in [0.15, 0.2) is 39.3 Å². The number of likely N-dealkylation sites (N-methyl/N-ethyl adjacent to an activating group) is 1. The number of nitrogens with zero attached hydrogens (tertiary/aromatic N) is 1. The fraction of sp³-hybridized carbons (Fsp3) is 0.400. The Morgan fingerprint density at radius 2 is 2.10 bits per heavy atom. The zero-order chi connectivity index (χ0) is 15.3. The van der Waals surface area contributed by atoms with Crippen LogP contribution < -0.4 is 5.32 Å². The first-order valence-corrected chi connectivity index (χ1v) is 8.08. The highest BCUT2D eigenvalue weighted by atomic mass is 79.9. The van der Waals surface area contributed by atoms with E-state index < -0.39 is 0 Å². The van der Waals surface area contributed by atoms with Crippen LogP contribution in [0.1, 0.15) is 20.8 Å². The molecule has 1 amide bonds. The van der Waals surface area contributed by atoms with Crippen molar-refractivity contribution in [1.82, 2.24) is 4.90 Å². The average molecular weight is 404 g/mol. The van der Waals surface area contributed by atoms with Gasteiger partial charge in [0.05, 0.1) is 11.7 Å². The summed E-state index contributed by atoms with van der Waals surface area (Å²) in [7, 11) is 0. The molecule has 0 aliphatic heterocycles. The number of hydrogen-bond acceptors (Lipinski definition) is 2. The maximum absolute atomic E-state index is 12.3. The molecule has 1 atom stereocenters. The molecule has 0 radical (unpaired) electrons. The first kappa shape index (κ1) is 17.4. The Kier molecular flexibility index (Phi) is 6.92. The van der Waals surface area contributed by atoms with E-state index in [0.717, 1.165) is 33.3 Å². The summed E-state index contributed by atoms with van der Waals surface area (Å²) < 4.78 is 1.82. The number of hydrogen-bond donors (Lipinski definition) is 1. The number of rotatable bonds is 6. The van der Waals surface area contributed by atoms with Crippen molar-refractivity contribution < 1.29 is 4.79 Å². The number of nitrogens with one attached hydrogen (secondary N) is 1. The Balaban J connectivity index is 2.76. The van der Waals surface area contributed by atoms with Crippen LogP contribution in [0.4, 0.5) is 5.69 Å². The minimum absolute atomic E-state index is 0.0175. The third-order valence-electron chi connectivity index (χ3n) is 3.00. The lowest BCUT2D eigenvalue weighted by Gasteiger charge is -2.27. The molecule has 0 aliphatic rings. The van der Waals surface area contributed by atoms with Crippen molar-refractivity contribution in [2.45, 2.75) is 26.8 Å². The summed E-state index contributed by atoms with van der Waals surface area (Å²) in [6.07, 6.45) is 0. The summed E-state index contributed by atoms with van der Waals surface area (Å²) in [6, 6.07) is 5.48. The Morgan fingerprint density at radius 3 is 2.60 bits per heavy atom. The molecule has 0 heterocycles. The summed E-state index contributed by atoms with van der Waals surface area (Å²) in [5.74, 6) is -0.0175. The maximum Gasteiger partial charge on any atom is 0.241 e. The first-order valence-electron chi connectivity index (χ1n) is 6.49. The minimum Gasteiger partial charge on any atom is -0.324 e. The lowest BCUT2D eigenvalue weighted by atomic mass is 10.2. The van der Waals surface area contributed by atoms with Gasteiger partial charge in [-0.15, -0.1) is 0 Å². The van der Waals surface area contributed by atoms with Gasteiger partial charge in [0.25, 0.3) is 0 Å². The van der Waals surface area contributed by atoms with Crippen molar-refractivity contribution in [3.05, 3.63) is 39.3 Å². The number of carbonyl (C=O) groups excluding carboxylic acids is 1. The van der Waals surface area contributed by atoms with Gasteiger partial charge in [-0.1, -0.05) is 35.0 Å². The Morgan fingerprint density at radius 1 is 1.45 bits per heavy atom. The molecule has 1 aromatic rings. The molecule has 0 bridgehead atoms. The molecule has 110 valence electrons. The fourth-order valence-electron chi connectivity index (χ4n) is 1.86. The van der Waals surface area contributed by atoms with Gasteiger partial charge in [-0.25, -0.2) is 0 Å². The molecule has 5 heteroatoms. The van der Waals surface area contributed by atoms with Crippen LogP contribution in [-0.4, -0.2) is 29.9 Å². The predicted molar refractivity (Wildman–Crippen MR) is 92.0 cm³/mol. The highest BCUT2D eigenvalue weighted by Crippen LogP contribution is 2.26. The van der Waals surface area contributed by atoms with Gasteiger partial charge in [-0.3, -0.25) is 9.69 Å². The Hall–Kier alpha value is -0.650. The van der Waals surface area contributed by atoms with E-state index in [1.54, 1.807) is 0 Å². The zero-order valence-corrected chi connectivity index (χ0v) is 15.2. The van der Waals surface area contributed by atoms with Crippen molar-refractivity contribution in [3.63, 3.8) is 0 Å². The Labute approximate surface area is 137 Å². The second-order valence-corrected chi connectivity index (χ2v) is 6.58. The monoisotopic (exact) mass is 402 g/mol. The van der Waals surface area contributed by atoms with Crippen LogP contribution in [-0.2, 0) is 4.79 Å². The number of halogens is 2. The number of carbonyl (C=O) groups is 1. The molecule has 0 fully saturated rings. The van der Waals surface area contributed by atoms with E-state index in [-0.39, 0.29) is 11.9 Å². The van der Waals surface area contributed by atoms with E-state index in [9.17, 15) is 4.79 Å². The van der Waals surface area contributed by atoms with Gasteiger partial charge in [-0.2, -0.15) is 0 Å². The normalized spacial score (nSPS) is 12.3. The average Bonchev–Trinajstić information content (AvgIpc) is 2.38. The van der Waals surface area contributed by atoms with E-state index in [1.165, 1.54) is 0 Å². The molecular weight excluding hydrogens is 384 g/mol. The SMILES string of the molecule is C=C(C)CN(CC)C(C)C(=O)Nc1ccc(Br)cc1Br. The molecule has 0 spiro atoms. The molecule has 3 nitrogen and oxygen atoms in total. The van der Waals surface area contributed by atoms with Gasteiger partial charge in [-0.05, 0) is 54.5 Å². The van der Waals surface area contributed by atoms with Crippen molar-refractivity contribution in [2.75, 3.05) is 18.4 Å². The molecule has 0 saturated carbocycles. The second-order valence-electron chi connectivity index (χ2n) is 4.81. The van der Waals surface area contributed by atoms with Gasteiger partial charge in [0.1, 0.15) is 0 Å². The molecule has 1 N–H and O–H groups in total. The van der Waals surface area contributed by atoms with Gasteiger partial charge in [0.15, 0.2) is 0 Å². The summed E-state index contributed by atoms with van der Waals surface area (Å²) in [6.45, 7) is 11.4. The number of amides is 1. The van der Waals surface area contributed by atoms with Crippen LogP contribution in [0, 0.1) is 0 Å². The topological polar surface area (TPSA) is 32.3 Å². The third kappa shape index (κ3) is 5.04. The second kappa shape index (κ2) is 7.96. The molecule has 0 saturated heterocycles. The zero-order valence-electron chi connectivity index (χ0n) is 12.0. The lowest BCUT2D eigenvalue weighted by molar-refractivity contribution is -0.120. The molecule has 1 unspecified atom stereocenters.